The number of carbonyl (C=O) groups excluding carboxylic acids is 1. The zero-order chi connectivity index (χ0) is 26.0. The molecule has 11 heteroatoms. The number of anilines is 3. The van der Waals surface area contributed by atoms with Gasteiger partial charge in [-0.05, 0) is 30.5 Å². The number of rotatable bonds is 19. The molecule has 2 rings (SSSR count). The summed E-state index contributed by atoms with van der Waals surface area (Å²) < 4.78 is 10.6. The van der Waals surface area contributed by atoms with Crippen molar-refractivity contribution in [1.29, 1.82) is 0 Å². The second-order valence-electron chi connectivity index (χ2n) is 7.95. The van der Waals surface area contributed by atoms with Crippen molar-refractivity contribution in [3.8, 4) is 0 Å². The zero-order valence-electron chi connectivity index (χ0n) is 21.4. The van der Waals surface area contributed by atoms with Gasteiger partial charge in [-0.25, -0.2) is 0 Å². The first kappa shape index (κ1) is 29.0. The Bertz CT molecular complexity index is 907. The van der Waals surface area contributed by atoms with Crippen molar-refractivity contribution < 1.29 is 14.3 Å². The first-order valence-electron chi connectivity index (χ1n) is 12.4. The predicted octanol–water partition coefficient (Wildman–Crippen LogP) is 2.40. The van der Waals surface area contributed by atoms with Gasteiger partial charge in [-0.2, -0.15) is 15.0 Å². The summed E-state index contributed by atoms with van der Waals surface area (Å²) in [6, 6.07) is 7.66. The monoisotopic (exact) mass is 500 g/mol. The Balaban J connectivity index is 1.85. The largest absolute Gasteiger partial charge is 0.378 e. The minimum atomic E-state index is -0.148. The smallest absolute Gasteiger partial charge is 0.251 e. The number of nitrogens with two attached hydrogens (primary N) is 1. The molecule has 11 nitrogen and oxygen atoms in total. The normalized spacial score (nSPS) is 10.8. The van der Waals surface area contributed by atoms with Crippen molar-refractivity contribution in [3.05, 3.63) is 48.0 Å². The van der Waals surface area contributed by atoms with Crippen LogP contribution in [0.1, 0.15) is 42.6 Å². The van der Waals surface area contributed by atoms with Crippen molar-refractivity contribution in [2.45, 2.75) is 39.3 Å². The Morgan fingerprint density at radius 2 is 1.61 bits per heavy atom. The maximum absolute atomic E-state index is 12.3. The fraction of sp³-hybridized carbons (Fsp3) is 0.520. The lowest BCUT2D eigenvalue weighted by Gasteiger charge is -2.16. The molecule has 1 aromatic heterocycles. The molecule has 0 atom stereocenters. The quantitative estimate of drug-likeness (QED) is 0.144. The molecule has 1 aromatic carbocycles. The van der Waals surface area contributed by atoms with Crippen LogP contribution in [-0.4, -0.2) is 73.0 Å². The number of nitrogens with one attached hydrogen (secondary N) is 4. The van der Waals surface area contributed by atoms with E-state index in [2.05, 4.69) is 56.6 Å². The van der Waals surface area contributed by atoms with E-state index in [1.807, 2.05) is 12.1 Å². The van der Waals surface area contributed by atoms with E-state index in [0.29, 0.717) is 76.0 Å². The summed E-state index contributed by atoms with van der Waals surface area (Å²) in [5, 5.41) is 12.6. The first-order chi connectivity index (χ1) is 17.6. The van der Waals surface area contributed by atoms with Crippen LogP contribution in [0.4, 0.5) is 17.8 Å². The number of ether oxygens (including phenoxy) is 2. The molecule has 2 aromatic rings. The Morgan fingerprint density at radius 3 is 2.25 bits per heavy atom. The van der Waals surface area contributed by atoms with Crippen LogP contribution in [-0.2, 0) is 16.0 Å². The number of aromatic nitrogens is 3. The van der Waals surface area contributed by atoms with Gasteiger partial charge in [0.1, 0.15) is 0 Å². The molecule has 1 heterocycles. The van der Waals surface area contributed by atoms with E-state index in [4.69, 9.17) is 15.2 Å². The van der Waals surface area contributed by atoms with Gasteiger partial charge in [0.15, 0.2) is 0 Å². The van der Waals surface area contributed by atoms with Crippen LogP contribution in [0.15, 0.2) is 36.9 Å². The molecule has 0 fully saturated rings. The van der Waals surface area contributed by atoms with Gasteiger partial charge in [0.2, 0.25) is 17.8 Å². The molecular weight excluding hydrogens is 460 g/mol. The predicted molar refractivity (Wildman–Crippen MR) is 143 cm³/mol. The lowest BCUT2D eigenvalue weighted by molar-refractivity contribution is 0.0511. The van der Waals surface area contributed by atoms with E-state index >= 15 is 0 Å². The highest BCUT2D eigenvalue weighted by Crippen LogP contribution is 2.14. The molecule has 198 valence electrons. The second-order valence-corrected chi connectivity index (χ2v) is 7.95. The molecular formula is C25H40N8O3. The average molecular weight is 501 g/mol. The summed E-state index contributed by atoms with van der Waals surface area (Å²) in [4.78, 5) is 25.7. The maximum atomic E-state index is 12.3. The van der Waals surface area contributed by atoms with E-state index < -0.39 is 0 Å². The lowest BCUT2D eigenvalue weighted by Crippen LogP contribution is -2.27. The zero-order valence-corrected chi connectivity index (χ0v) is 21.4. The molecule has 0 aliphatic rings. The van der Waals surface area contributed by atoms with Crippen LogP contribution in [0, 0.1) is 0 Å². The summed E-state index contributed by atoms with van der Waals surface area (Å²) in [7, 11) is 0. The van der Waals surface area contributed by atoms with Gasteiger partial charge >= 0.3 is 0 Å². The van der Waals surface area contributed by atoms with Crippen molar-refractivity contribution in [3.63, 3.8) is 0 Å². The Kier molecular flexibility index (Phi) is 13.8. The van der Waals surface area contributed by atoms with Gasteiger partial charge in [0.05, 0.1) is 26.4 Å². The van der Waals surface area contributed by atoms with Crippen LogP contribution in [0.2, 0.25) is 0 Å². The van der Waals surface area contributed by atoms with Crippen LogP contribution < -0.4 is 27.0 Å². The fourth-order valence-corrected chi connectivity index (χ4v) is 3.14. The highest BCUT2D eigenvalue weighted by atomic mass is 16.5. The van der Waals surface area contributed by atoms with Gasteiger partial charge in [-0.1, -0.05) is 32.1 Å². The van der Waals surface area contributed by atoms with E-state index in [9.17, 15) is 4.79 Å². The van der Waals surface area contributed by atoms with Gasteiger partial charge < -0.3 is 36.5 Å². The molecule has 0 saturated carbocycles. The van der Waals surface area contributed by atoms with Gasteiger partial charge in [-0.15, -0.1) is 6.58 Å². The topological polar surface area (TPSA) is 148 Å². The minimum Gasteiger partial charge on any atom is -0.378 e. The summed E-state index contributed by atoms with van der Waals surface area (Å²) in [5.74, 6) is 1.30. The maximum Gasteiger partial charge on any atom is 0.251 e. The fourth-order valence-electron chi connectivity index (χ4n) is 3.14. The van der Waals surface area contributed by atoms with Gasteiger partial charge in [0, 0.05) is 37.8 Å². The summed E-state index contributed by atoms with van der Waals surface area (Å²) >= 11 is 0. The number of hydrogen-bond donors (Lipinski definition) is 5. The van der Waals surface area contributed by atoms with E-state index in [0.717, 1.165) is 18.4 Å². The standard InChI is InChI=1S/C25H40N8O3/c1-4-12-28-23-31-24(33-25(32-23)30-21(5-2)6-3)29-18-19-7-9-20(10-8-19)22(34)27-13-15-36-17-16-35-14-11-26/h4,7-10,21H,1,5-6,11-18,26H2,2-3H3,(H,27,34)(H3,28,29,30,31,32,33). The molecule has 0 bridgehead atoms. The van der Waals surface area contributed by atoms with Gasteiger partial charge in [0.25, 0.3) is 5.91 Å². The molecule has 0 aliphatic heterocycles. The summed E-state index contributed by atoms with van der Waals surface area (Å²) in [5.41, 5.74) is 6.92. The Labute approximate surface area is 213 Å². The van der Waals surface area contributed by atoms with E-state index in [1.54, 1.807) is 18.2 Å². The lowest BCUT2D eigenvalue weighted by atomic mass is 10.1. The van der Waals surface area contributed by atoms with Crippen LogP contribution >= 0.6 is 0 Å². The average Bonchev–Trinajstić information content (AvgIpc) is 2.91. The highest BCUT2D eigenvalue weighted by molar-refractivity contribution is 5.94. The third-order valence-corrected chi connectivity index (χ3v) is 5.19. The first-order valence-corrected chi connectivity index (χ1v) is 12.4. The number of nitrogens with zero attached hydrogens (tertiary/aromatic N) is 3. The molecule has 0 unspecified atom stereocenters. The minimum absolute atomic E-state index is 0.148. The Hall–Kier alpha value is -3.28. The molecule has 36 heavy (non-hydrogen) atoms. The van der Waals surface area contributed by atoms with Gasteiger partial charge in [-0.3, -0.25) is 4.79 Å². The van der Waals surface area contributed by atoms with Crippen molar-refractivity contribution in [2.75, 3.05) is 62.0 Å². The van der Waals surface area contributed by atoms with Crippen molar-refractivity contribution in [2.24, 2.45) is 5.73 Å². The van der Waals surface area contributed by atoms with Crippen molar-refractivity contribution >= 4 is 23.8 Å². The molecule has 1 amide bonds. The SMILES string of the molecule is C=CCNc1nc(NCc2ccc(C(=O)NCCOCCOCCN)cc2)nc(NC(CC)CC)n1. The van der Waals surface area contributed by atoms with Crippen molar-refractivity contribution in [1.82, 2.24) is 20.3 Å². The third kappa shape index (κ3) is 11.0. The molecule has 0 aliphatic carbocycles. The van der Waals surface area contributed by atoms with Crippen LogP contribution in [0.25, 0.3) is 0 Å². The third-order valence-electron chi connectivity index (χ3n) is 5.19. The molecule has 0 spiro atoms. The second kappa shape index (κ2) is 17.2. The number of hydrogen-bond acceptors (Lipinski definition) is 10. The Morgan fingerprint density at radius 1 is 0.972 bits per heavy atom. The number of benzene rings is 1. The van der Waals surface area contributed by atoms with E-state index in [-0.39, 0.29) is 11.9 Å². The number of amides is 1. The van der Waals surface area contributed by atoms with Crippen LogP contribution in [0.3, 0.4) is 0 Å². The van der Waals surface area contributed by atoms with E-state index in [1.165, 1.54) is 0 Å². The van der Waals surface area contributed by atoms with Crippen LogP contribution in [0.5, 0.6) is 0 Å². The highest BCUT2D eigenvalue weighted by Gasteiger charge is 2.10. The molecule has 6 N–H and O–H groups in total. The molecule has 0 radical (unpaired) electrons. The number of carbonyl (C=O) groups is 1. The summed E-state index contributed by atoms with van der Waals surface area (Å²) in [6.07, 6.45) is 3.68. The summed E-state index contributed by atoms with van der Waals surface area (Å²) in [6.45, 7) is 11.8. The molecule has 0 saturated heterocycles.